The third-order valence-electron chi connectivity index (χ3n) is 1.99. The third kappa shape index (κ3) is 2.81. The van der Waals surface area contributed by atoms with Gasteiger partial charge >= 0.3 is 0 Å². The van der Waals surface area contributed by atoms with Crippen molar-refractivity contribution in [3.05, 3.63) is 44.8 Å². The van der Waals surface area contributed by atoms with E-state index in [0.717, 1.165) is 20.1 Å². The standard InChI is InChI=1S/C11H11BrN2OS/c12-9-3-1-2-4-10(9)15-7-11-14-6-8(5-13)16-11/h1-4,6H,5,7,13H2. The van der Waals surface area contributed by atoms with Crippen LogP contribution in [-0.4, -0.2) is 4.98 Å². The average Bonchev–Trinajstić information content (AvgIpc) is 2.76. The smallest absolute Gasteiger partial charge is 0.140 e. The van der Waals surface area contributed by atoms with Crippen LogP contribution in [0.5, 0.6) is 5.75 Å². The van der Waals surface area contributed by atoms with E-state index >= 15 is 0 Å². The minimum absolute atomic E-state index is 0.479. The van der Waals surface area contributed by atoms with Crippen LogP contribution < -0.4 is 10.5 Å². The summed E-state index contributed by atoms with van der Waals surface area (Å²) in [5.74, 6) is 0.826. The predicted molar refractivity (Wildman–Crippen MR) is 68.5 cm³/mol. The van der Waals surface area contributed by atoms with E-state index in [1.807, 2.05) is 24.3 Å². The third-order valence-corrected chi connectivity index (χ3v) is 3.64. The maximum Gasteiger partial charge on any atom is 0.140 e. The molecule has 3 nitrogen and oxygen atoms in total. The lowest BCUT2D eigenvalue weighted by Crippen LogP contribution is -1.94. The average molecular weight is 299 g/mol. The van der Waals surface area contributed by atoms with E-state index < -0.39 is 0 Å². The zero-order valence-electron chi connectivity index (χ0n) is 8.52. The second-order valence-electron chi connectivity index (χ2n) is 3.14. The summed E-state index contributed by atoms with van der Waals surface area (Å²) in [4.78, 5) is 5.30. The molecule has 0 saturated heterocycles. The van der Waals surface area contributed by atoms with Crippen LogP contribution >= 0.6 is 27.3 Å². The van der Waals surface area contributed by atoms with Crippen molar-refractivity contribution >= 4 is 27.3 Å². The molecule has 0 radical (unpaired) electrons. The zero-order chi connectivity index (χ0) is 11.4. The van der Waals surface area contributed by atoms with Gasteiger partial charge in [0.15, 0.2) is 0 Å². The molecule has 0 bridgehead atoms. The van der Waals surface area contributed by atoms with E-state index in [-0.39, 0.29) is 0 Å². The highest BCUT2D eigenvalue weighted by Gasteiger charge is 2.03. The number of nitrogens with zero attached hydrogens (tertiary/aromatic N) is 1. The number of rotatable bonds is 4. The molecule has 84 valence electrons. The highest BCUT2D eigenvalue weighted by atomic mass is 79.9. The Morgan fingerprint density at radius 3 is 2.88 bits per heavy atom. The maximum atomic E-state index is 5.64. The predicted octanol–water partition coefficient (Wildman–Crippen LogP) is 2.94. The van der Waals surface area contributed by atoms with Crippen molar-refractivity contribution in [1.29, 1.82) is 0 Å². The molecule has 2 aromatic rings. The molecule has 0 aliphatic carbocycles. The Labute approximate surface area is 106 Å². The second kappa shape index (κ2) is 5.43. The molecular formula is C11H11BrN2OS. The van der Waals surface area contributed by atoms with Gasteiger partial charge in [-0.2, -0.15) is 0 Å². The van der Waals surface area contributed by atoms with Crippen molar-refractivity contribution in [3.8, 4) is 5.75 Å². The molecule has 2 rings (SSSR count). The number of nitrogens with two attached hydrogens (primary N) is 1. The molecular weight excluding hydrogens is 288 g/mol. The Morgan fingerprint density at radius 1 is 1.38 bits per heavy atom. The van der Waals surface area contributed by atoms with Crippen molar-refractivity contribution in [2.75, 3.05) is 0 Å². The lowest BCUT2D eigenvalue weighted by atomic mass is 10.3. The van der Waals surface area contributed by atoms with Gasteiger partial charge in [-0.3, -0.25) is 0 Å². The molecule has 1 aromatic carbocycles. The summed E-state index contributed by atoms with van der Waals surface area (Å²) in [6.45, 7) is 1.01. The van der Waals surface area contributed by atoms with Crippen LogP contribution in [-0.2, 0) is 13.2 Å². The summed E-state index contributed by atoms with van der Waals surface area (Å²) in [5.41, 5.74) is 5.52. The number of benzene rings is 1. The summed E-state index contributed by atoms with van der Waals surface area (Å²) in [6.07, 6.45) is 1.80. The van der Waals surface area contributed by atoms with Gasteiger partial charge in [-0.05, 0) is 28.1 Å². The Balaban J connectivity index is 1.99. The van der Waals surface area contributed by atoms with Crippen molar-refractivity contribution in [2.24, 2.45) is 5.73 Å². The Kier molecular flexibility index (Phi) is 3.93. The van der Waals surface area contributed by atoms with Crippen LogP contribution in [0.4, 0.5) is 0 Å². The van der Waals surface area contributed by atoms with E-state index in [0.29, 0.717) is 13.2 Å². The molecule has 1 heterocycles. The normalized spacial score (nSPS) is 10.4. The molecule has 0 spiro atoms. The highest BCUT2D eigenvalue weighted by Crippen LogP contribution is 2.25. The minimum Gasteiger partial charge on any atom is -0.485 e. The largest absolute Gasteiger partial charge is 0.485 e. The molecule has 0 atom stereocenters. The van der Waals surface area contributed by atoms with Gasteiger partial charge in [0.05, 0.1) is 4.47 Å². The van der Waals surface area contributed by atoms with E-state index in [2.05, 4.69) is 20.9 Å². The summed E-state index contributed by atoms with van der Waals surface area (Å²) >= 11 is 5.01. The second-order valence-corrected chi connectivity index (χ2v) is 5.20. The van der Waals surface area contributed by atoms with Crippen molar-refractivity contribution < 1.29 is 4.74 Å². The molecule has 0 saturated carbocycles. The molecule has 0 fully saturated rings. The molecule has 0 amide bonds. The molecule has 1 aromatic heterocycles. The van der Waals surface area contributed by atoms with E-state index in [4.69, 9.17) is 10.5 Å². The number of halogens is 1. The molecule has 0 aliphatic heterocycles. The van der Waals surface area contributed by atoms with E-state index in [9.17, 15) is 0 Å². The zero-order valence-corrected chi connectivity index (χ0v) is 10.9. The first-order valence-electron chi connectivity index (χ1n) is 4.80. The lowest BCUT2D eigenvalue weighted by molar-refractivity contribution is 0.303. The van der Waals surface area contributed by atoms with Gasteiger partial charge in [-0.25, -0.2) is 4.98 Å². The fourth-order valence-corrected chi connectivity index (χ4v) is 2.32. The Morgan fingerprint density at radius 2 is 2.19 bits per heavy atom. The first-order chi connectivity index (χ1) is 7.79. The fraction of sp³-hybridized carbons (Fsp3) is 0.182. The highest BCUT2D eigenvalue weighted by molar-refractivity contribution is 9.10. The van der Waals surface area contributed by atoms with Crippen LogP contribution in [0.25, 0.3) is 0 Å². The molecule has 0 aliphatic rings. The molecule has 5 heteroatoms. The summed E-state index contributed by atoms with van der Waals surface area (Å²) in [6, 6.07) is 7.75. The fourth-order valence-electron chi connectivity index (χ4n) is 1.21. The first-order valence-corrected chi connectivity index (χ1v) is 6.41. The Bertz CT molecular complexity index is 473. The maximum absolute atomic E-state index is 5.64. The van der Waals surface area contributed by atoms with Gasteiger partial charge in [0.25, 0.3) is 0 Å². The number of hydrogen-bond acceptors (Lipinski definition) is 4. The molecule has 0 unspecified atom stereocenters. The summed E-state index contributed by atoms with van der Waals surface area (Å²) in [7, 11) is 0. The van der Waals surface area contributed by atoms with Gasteiger partial charge in [0, 0.05) is 17.6 Å². The van der Waals surface area contributed by atoms with Crippen LogP contribution in [0.15, 0.2) is 34.9 Å². The number of para-hydroxylation sites is 1. The van der Waals surface area contributed by atoms with Gasteiger partial charge in [0.1, 0.15) is 17.4 Å². The number of hydrogen-bond donors (Lipinski definition) is 1. The van der Waals surface area contributed by atoms with Gasteiger partial charge in [-0.1, -0.05) is 12.1 Å². The van der Waals surface area contributed by atoms with Gasteiger partial charge in [0.2, 0.25) is 0 Å². The van der Waals surface area contributed by atoms with Crippen LogP contribution in [0, 0.1) is 0 Å². The molecule has 2 N–H and O–H groups in total. The van der Waals surface area contributed by atoms with Crippen LogP contribution in [0.1, 0.15) is 9.88 Å². The quantitative estimate of drug-likeness (QED) is 0.944. The lowest BCUT2D eigenvalue weighted by Gasteiger charge is -2.05. The van der Waals surface area contributed by atoms with Crippen molar-refractivity contribution in [2.45, 2.75) is 13.2 Å². The van der Waals surface area contributed by atoms with E-state index in [1.165, 1.54) is 0 Å². The minimum atomic E-state index is 0.479. The van der Waals surface area contributed by atoms with Gasteiger partial charge in [-0.15, -0.1) is 11.3 Å². The number of ether oxygens (including phenoxy) is 1. The Hall–Kier alpha value is -0.910. The van der Waals surface area contributed by atoms with E-state index in [1.54, 1.807) is 17.5 Å². The number of aromatic nitrogens is 1. The molecule has 16 heavy (non-hydrogen) atoms. The summed E-state index contributed by atoms with van der Waals surface area (Å²) < 4.78 is 6.59. The number of thiazole rings is 1. The topological polar surface area (TPSA) is 48.1 Å². The monoisotopic (exact) mass is 298 g/mol. The van der Waals surface area contributed by atoms with Gasteiger partial charge < -0.3 is 10.5 Å². The van der Waals surface area contributed by atoms with Crippen LogP contribution in [0.2, 0.25) is 0 Å². The van der Waals surface area contributed by atoms with Crippen molar-refractivity contribution in [1.82, 2.24) is 4.98 Å². The van der Waals surface area contributed by atoms with Crippen molar-refractivity contribution in [3.63, 3.8) is 0 Å². The first kappa shape index (κ1) is 11.6. The van der Waals surface area contributed by atoms with Crippen LogP contribution in [0.3, 0.4) is 0 Å². The summed E-state index contributed by atoms with van der Waals surface area (Å²) in [5, 5.41) is 0.941. The SMILES string of the molecule is NCc1cnc(COc2ccccc2Br)s1.